The summed E-state index contributed by atoms with van der Waals surface area (Å²) in [4.78, 5) is 26.4. The van der Waals surface area contributed by atoms with E-state index in [1.54, 1.807) is 11.3 Å². The largest absolute Gasteiger partial charge is 0.329 e. The van der Waals surface area contributed by atoms with Crippen LogP contribution in [0.25, 0.3) is 0 Å². The predicted molar refractivity (Wildman–Crippen MR) is 99.6 cm³/mol. The van der Waals surface area contributed by atoms with E-state index < -0.39 is 0 Å². The lowest BCUT2D eigenvalue weighted by Gasteiger charge is -2.34. The topological polar surface area (TPSA) is 46.2 Å². The molecule has 0 unspecified atom stereocenters. The molecule has 25 heavy (non-hydrogen) atoms. The molecule has 4 heteroatoms. The van der Waals surface area contributed by atoms with E-state index in [0.717, 1.165) is 29.7 Å². The molecule has 2 aliphatic rings. The van der Waals surface area contributed by atoms with Gasteiger partial charge in [-0.15, -0.1) is 11.3 Å². The molecule has 0 fully saturated rings. The summed E-state index contributed by atoms with van der Waals surface area (Å²) in [7, 11) is 0. The van der Waals surface area contributed by atoms with Crippen LogP contribution in [0, 0.1) is 0 Å². The summed E-state index contributed by atoms with van der Waals surface area (Å²) in [6.07, 6.45) is 2.64. The van der Waals surface area contributed by atoms with Crippen LogP contribution in [0.3, 0.4) is 0 Å². The molecular weight excluding hydrogens is 330 g/mol. The van der Waals surface area contributed by atoms with Gasteiger partial charge in [0.15, 0.2) is 5.78 Å². The second kappa shape index (κ2) is 6.60. The van der Waals surface area contributed by atoms with E-state index >= 15 is 0 Å². The molecule has 3 nitrogen and oxygen atoms in total. The number of carbonyl (C=O) groups is 2. The molecule has 128 valence electrons. The van der Waals surface area contributed by atoms with Crippen LogP contribution < -0.4 is 5.32 Å². The molecule has 0 saturated carbocycles. The Morgan fingerprint density at radius 2 is 1.88 bits per heavy atom. The highest BCUT2D eigenvalue weighted by atomic mass is 32.1. The minimum absolute atomic E-state index is 0.0166. The Kier molecular flexibility index (Phi) is 4.30. The summed E-state index contributed by atoms with van der Waals surface area (Å²) >= 11 is 1.69. The smallest absolute Gasteiger partial charge is 0.225 e. The first kappa shape index (κ1) is 16.3. The van der Waals surface area contributed by atoms with Gasteiger partial charge in [-0.2, -0.15) is 0 Å². The maximum atomic E-state index is 12.9. The fourth-order valence-electron chi connectivity index (χ4n) is 3.96. The number of nitrogens with one attached hydrogen (secondary N) is 1. The number of benzene rings is 1. The Labute approximate surface area is 151 Å². The molecule has 1 aliphatic carbocycles. The third kappa shape index (κ3) is 3.07. The molecular formula is C21H21NO2S. The molecule has 2 heterocycles. The number of Topliss-reactive ketones (excluding diaryl/α,β-unsaturated/α-hetero) is 1. The van der Waals surface area contributed by atoms with Crippen molar-refractivity contribution >= 4 is 23.0 Å². The number of hydrogen-bond acceptors (Lipinski definition) is 3. The SMILES string of the molecule is CCc1ccc([C@@H]2CC(=O)NC3=C2C(=O)C[C@@H](c2cccs2)C3)cc1. The van der Waals surface area contributed by atoms with Crippen LogP contribution in [0.15, 0.2) is 53.0 Å². The van der Waals surface area contributed by atoms with Crippen molar-refractivity contribution in [2.24, 2.45) is 0 Å². The van der Waals surface area contributed by atoms with Gasteiger partial charge in [0.2, 0.25) is 5.91 Å². The highest BCUT2D eigenvalue weighted by Crippen LogP contribution is 2.43. The van der Waals surface area contributed by atoms with Crippen molar-refractivity contribution in [1.29, 1.82) is 0 Å². The minimum Gasteiger partial charge on any atom is -0.329 e. The number of aryl methyl sites for hydroxylation is 1. The van der Waals surface area contributed by atoms with Gasteiger partial charge in [-0.25, -0.2) is 0 Å². The van der Waals surface area contributed by atoms with Gasteiger partial charge in [0.1, 0.15) is 0 Å². The van der Waals surface area contributed by atoms with Gasteiger partial charge in [-0.3, -0.25) is 9.59 Å². The lowest BCUT2D eigenvalue weighted by molar-refractivity contribution is -0.122. The van der Waals surface area contributed by atoms with Crippen molar-refractivity contribution in [3.8, 4) is 0 Å². The van der Waals surface area contributed by atoms with Crippen molar-refractivity contribution in [1.82, 2.24) is 5.32 Å². The Bertz CT molecular complexity index is 833. The standard InChI is InChI=1S/C21H21NO2S/c1-2-13-5-7-14(8-6-13)16-12-20(24)22-17-10-15(11-18(23)21(16)17)19-4-3-9-25-19/h3-9,15-16H,2,10-12H2,1H3,(H,22,24)/t15-,16-/m0/s1. The molecule has 0 spiro atoms. The highest BCUT2D eigenvalue weighted by Gasteiger charge is 2.38. The second-order valence-corrected chi connectivity index (χ2v) is 7.82. The van der Waals surface area contributed by atoms with Crippen LogP contribution in [-0.2, 0) is 16.0 Å². The molecule has 1 amide bonds. The normalized spacial score (nSPS) is 23.4. The van der Waals surface area contributed by atoms with Crippen LogP contribution >= 0.6 is 11.3 Å². The number of ketones is 1. The molecule has 1 N–H and O–H groups in total. The number of thiophene rings is 1. The first-order chi connectivity index (χ1) is 12.2. The predicted octanol–water partition coefficient (Wildman–Crippen LogP) is 4.31. The lowest BCUT2D eigenvalue weighted by Crippen LogP contribution is -2.38. The van der Waals surface area contributed by atoms with Crippen LogP contribution in [0.4, 0.5) is 0 Å². The van der Waals surface area contributed by atoms with E-state index in [0.29, 0.717) is 12.8 Å². The molecule has 2 aromatic rings. The lowest BCUT2D eigenvalue weighted by atomic mass is 9.74. The van der Waals surface area contributed by atoms with Crippen molar-refractivity contribution < 1.29 is 9.59 Å². The van der Waals surface area contributed by atoms with Gasteiger partial charge in [0, 0.05) is 40.8 Å². The molecule has 0 radical (unpaired) electrons. The van der Waals surface area contributed by atoms with Crippen LogP contribution in [0.5, 0.6) is 0 Å². The van der Waals surface area contributed by atoms with Crippen molar-refractivity contribution in [3.05, 3.63) is 69.1 Å². The number of hydrogen-bond donors (Lipinski definition) is 1. The second-order valence-electron chi connectivity index (χ2n) is 6.84. The summed E-state index contributed by atoms with van der Waals surface area (Å²) in [5.41, 5.74) is 4.01. The Hall–Kier alpha value is -2.20. The number of allylic oxidation sites excluding steroid dienone is 2. The summed E-state index contributed by atoms with van der Waals surface area (Å²) in [5.74, 6) is 0.284. The van der Waals surface area contributed by atoms with E-state index in [-0.39, 0.29) is 23.5 Å². The van der Waals surface area contributed by atoms with E-state index in [4.69, 9.17) is 0 Å². The Morgan fingerprint density at radius 1 is 1.08 bits per heavy atom. The van der Waals surface area contributed by atoms with Crippen molar-refractivity contribution in [2.45, 2.75) is 44.4 Å². The van der Waals surface area contributed by atoms with Gasteiger partial charge >= 0.3 is 0 Å². The fraction of sp³-hybridized carbons (Fsp3) is 0.333. The molecule has 4 rings (SSSR count). The molecule has 1 aromatic heterocycles. The summed E-state index contributed by atoms with van der Waals surface area (Å²) in [5, 5.41) is 5.03. The summed E-state index contributed by atoms with van der Waals surface area (Å²) in [6, 6.07) is 12.5. The maximum Gasteiger partial charge on any atom is 0.225 e. The van der Waals surface area contributed by atoms with Gasteiger partial charge in [0.05, 0.1) is 0 Å². The quantitative estimate of drug-likeness (QED) is 0.895. The van der Waals surface area contributed by atoms with Crippen molar-refractivity contribution in [3.63, 3.8) is 0 Å². The van der Waals surface area contributed by atoms with Gasteiger partial charge in [0.25, 0.3) is 0 Å². The Morgan fingerprint density at radius 3 is 2.56 bits per heavy atom. The molecule has 2 atom stereocenters. The van der Waals surface area contributed by atoms with Gasteiger partial charge in [-0.1, -0.05) is 37.3 Å². The van der Waals surface area contributed by atoms with Gasteiger partial charge in [-0.05, 0) is 35.4 Å². The third-order valence-electron chi connectivity index (χ3n) is 5.27. The first-order valence-electron chi connectivity index (χ1n) is 8.84. The third-order valence-corrected chi connectivity index (χ3v) is 6.31. The average Bonchev–Trinajstić information content (AvgIpc) is 3.15. The number of amides is 1. The summed E-state index contributed by atoms with van der Waals surface area (Å²) in [6.45, 7) is 2.12. The zero-order valence-corrected chi connectivity index (χ0v) is 15.1. The zero-order chi connectivity index (χ0) is 17.4. The average molecular weight is 351 g/mol. The van der Waals surface area contributed by atoms with E-state index in [1.807, 2.05) is 11.4 Å². The zero-order valence-electron chi connectivity index (χ0n) is 14.2. The first-order valence-corrected chi connectivity index (χ1v) is 9.72. The molecule has 1 aliphatic heterocycles. The fourth-order valence-corrected chi connectivity index (χ4v) is 4.79. The highest BCUT2D eigenvalue weighted by molar-refractivity contribution is 7.10. The number of rotatable bonds is 3. The van der Waals surface area contributed by atoms with Gasteiger partial charge < -0.3 is 5.32 Å². The molecule has 0 saturated heterocycles. The van der Waals surface area contributed by atoms with E-state index in [1.165, 1.54) is 10.4 Å². The van der Waals surface area contributed by atoms with Crippen LogP contribution in [0.1, 0.15) is 54.0 Å². The summed E-state index contributed by atoms with van der Waals surface area (Å²) < 4.78 is 0. The molecule has 1 aromatic carbocycles. The van der Waals surface area contributed by atoms with Crippen molar-refractivity contribution in [2.75, 3.05) is 0 Å². The monoisotopic (exact) mass is 351 g/mol. The maximum absolute atomic E-state index is 12.9. The molecule has 0 bridgehead atoms. The van der Waals surface area contributed by atoms with E-state index in [2.05, 4.69) is 42.6 Å². The van der Waals surface area contributed by atoms with Crippen LogP contribution in [-0.4, -0.2) is 11.7 Å². The Balaban J connectivity index is 1.70. The minimum atomic E-state index is -0.105. The van der Waals surface area contributed by atoms with Crippen LogP contribution in [0.2, 0.25) is 0 Å². The van der Waals surface area contributed by atoms with E-state index in [9.17, 15) is 9.59 Å². The number of carbonyl (C=O) groups excluding carboxylic acids is 2.